The lowest BCUT2D eigenvalue weighted by Gasteiger charge is -2.18. The molecular weight excluding hydrogens is 216 g/mol. The van der Waals surface area contributed by atoms with E-state index < -0.39 is 0 Å². The fraction of sp³-hybridized carbons (Fsp3) is 0.385. The number of nitriles is 1. The Bertz CT molecular complexity index is 463. The van der Waals surface area contributed by atoms with Crippen molar-refractivity contribution in [2.75, 3.05) is 13.6 Å². The largest absolute Gasteiger partial charge is 0.508 e. The lowest BCUT2D eigenvalue weighted by molar-refractivity contribution is 0.0784. The number of carbonyl (C=O) groups excluding carboxylic acids is 1. The van der Waals surface area contributed by atoms with Gasteiger partial charge in [-0.15, -0.1) is 0 Å². The molecule has 17 heavy (non-hydrogen) atoms. The van der Waals surface area contributed by atoms with Gasteiger partial charge in [0.2, 0.25) is 0 Å². The number of hydrogen-bond acceptors (Lipinski definition) is 3. The van der Waals surface area contributed by atoms with E-state index in [0.717, 1.165) is 5.56 Å². The summed E-state index contributed by atoms with van der Waals surface area (Å²) in [5.41, 5.74) is 1.16. The molecule has 0 aromatic heterocycles. The third-order valence-corrected chi connectivity index (χ3v) is 2.57. The van der Waals surface area contributed by atoms with Gasteiger partial charge in [0.15, 0.2) is 0 Å². The van der Waals surface area contributed by atoms with Crippen molar-refractivity contribution in [3.05, 3.63) is 29.3 Å². The van der Waals surface area contributed by atoms with Gasteiger partial charge in [0.05, 0.1) is 12.0 Å². The zero-order chi connectivity index (χ0) is 13.0. The zero-order valence-corrected chi connectivity index (χ0v) is 10.3. The Balaban J connectivity index is 2.82. The van der Waals surface area contributed by atoms with Gasteiger partial charge in [-0.25, -0.2) is 0 Å². The fourth-order valence-electron chi connectivity index (χ4n) is 1.50. The summed E-state index contributed by atoms with van der Waals surface area (Å²) in [4.78, 5) is 13.4. The Labute approximate surface area is 101 Å². The molecule has 0 saturated carbocycles. The summed E-state index contributed by atoms with van der Waals surface area (Å²) in [6.07, 6.45) is 0. The van der Waals surface area contributed by atoms with Crippen LogP contribution >= 0.6 is 0 Å². The molecule has 1 N–H and O–H groups in total. The van der Waals surface area contributed by atoms with Crippen LogP contribution in [-0.2, 0) is 0 Å². The molecule has 0 aliphatic rings. The van der Waals surface area contributed by atoms with Crippen molar-refractivity contribution in [3.8, 4) is 11.8 Å². The summed E-state index contributed by atoms with van der Waals surface area (Å²) >= 11 is 0. The molecule has 0 bridgehead atoms. The van der Waals surface area contributed by atoms with Crippen LogP contribution in [0.4, 0.5) is 0 Å². The highest BCUT2D eigenvalue weighted by Gasteiger charge is 2.14. The zero-order valence-electron chi connectivity index (χ0n) is 10.3. The van der Waals surface area contributed by atoms with E-state index in [1.807, 2.05) is 0 Å². The maximum Gasteiger partial charge on any atom is 0.253 e. The van der Waals surface area contributed by atoms with E-state index in [4.69, 9.17) is 5.26 Å². The Morgan fingerprint density at radius 2 is 2.24 bits per heavy atom. The fourth-order valence-corrected chi connectivity index (χ4v) is 1.50. The highest BCUT2D eigenvalue weighted by molar-refractivity contribution is 5.94. The Morgan fingerprint density at radius 3 is 2.76 bits per heavy atom. The van der Waals surface area contributed by atoms with Gasteiger partial charge >= 0.3 is 0 Å². The second kappa shape index (κ2) is 5.35. The van der Waals surface area contributed by atoms with E-state index in [0.29, 0.717) is 12.1 Å². The van der Waals surface area contributed by atoms with Gasteiger partial charge in [-0.05, 0) is 31.5 Å². The molecule has 0 spiro atoms. The van der Waals surface area contributed by atoms with E-state index in [2.05, 4.69) is 6.07 Å². The summed E-state index contributed by atoms with van der Waals surface area (Å²) in [6.45, 7) is 3.91. The van der Waals surface area contributed by atoms with Crippen LogP contribution in [0.5, 0.6) is 5.75 Å². The average Bonchev–Trinajstić information content (AvgIpc) is 2.31. The minimum atomic E-state index is -0.206. The molecule has 0 aliphatic heterocycles. The van der Waals surface area contributed by atoms with Gasteiger partial charge in [0.1, 0.15) is 5.75 Å². The number of rotatable bonds is 3. The summed E-state index contributed by atoms with van der Waals surface area (Å²) in [7, 11) is 1.65. The van der Waals surface area contributed by atoms with Crippen molar-refractivity contribution < 1.29 is 9.90 Å². The number of hydrogen-bond donors (Lipinski definition) is 1. The van der Waals surface area contributed by atoms with Crippen LogP contribution in [0.25, 0.3) is 0 Å². The molecule has 1 aromatic rings. The van der Waals surface area contributed by atoms with Crippen LogP contribution in [0, 0.1) is 24.2 Å². The highest BCUT2D eigenvalue weighted by atomic mass is 16.3. The molecule has 0 heterocycles. The third kappa shape index (κ3) is 3.22. The minimum Gasteiger partial charge on any atom is -0.508 e. The van der Waals surface area contributed by atoms with Crippen LogP contribution in [0.1, 0.15) is 22.8 Å². The third-order valence-electron chi connectivity index (χ3n) is 2.57. The predicted molar refractivity (Wildman–Crippen MR) is 64.6 cm³/mol. The molecule has 4 heteroatoms. The average molecular weight is 232 g/mol. The van der Waals surface area contributed by atoms with E-state index >= 15 is 0 Å². The lowest BCUT2D eigenvalue weighted by Crippen LogP contribution is -2.30. The first kappa shape index (κ1) is 13.0. The summed E-state index contributed by atoms with van der Waals surface area (Å²) in [6, 6.07) is 6.90. The smallest absolute Gasteiger partial charge is 0.253 e. The quantitative estimate of drug-likeness (QED) is 0.866. The summed E-state index contributed by atoms with van der Waals surface area (Å²) in [5.74, 6) is -0.289. The first-order valence-corrected chi connectivity index (χ1v) is 5.40. The van der Waals surface area contributed by atoms with Crippen LogP contribution in [0.2, 0.25) is 0 Å². The van der Waals surface area contributed by atoms with E-state index in [1.54, 1.807) is 33.0 Å². The summed E-state index contributed by atoms with van der Waals surface area (Å²) < 4.78 is 0. The molecule has 1 rings (SSSR count). The van der Waals surface area contributed by atoms with Crippen molar-refractivity contribution in [3.63, 3.8) is 0 Å². The van der Waals surface area contributed by atoms with Gasteiger partial charge in [-0.1, -0.05) is 6.07 Å². The minimum absolute atomic E-state index is 0.109. The number of aryl methyl sites for hydroxylation is 1. The number of carbonyl (C=O) groups is 1. The molecule has 1 atom stereocenters. The Hall–Kier alpha value is -2.02. The van der Waals surface area contributed by atoms with Gasteiger partial charge in [-0.2, -0.15) is 5.26 Å². The predicted octanol–water partition coefficient (Wildman–Crippen LogP) is 1.93. The second-order valence-corrected chi connectivity index (χ2v) is 4.22. The number of benzene rings is 1. The van der Waals surface area contributed by atoms with E-state index in [-0.39, 0.29) is 17.6 Å². The van der Waals surface area contributed by atoms with Crippen LogP contribution in [0.3, 0.4) is 0 Å². The van der Waals surface area contributed by atoms with Gasteiger partial charge in [0.25, 0.3) is 5.91 Å². The van der Waals surface area contributed by atoms with Crippen molar-refractivity contribution in [1.29, 1.82) is 5.26 Å². The molecule has 0 fully saturated rings. The van der Waals surface area contributed by atoms with Crippen LogP contribution < -0.4 is 0 Å². The van der Waals surface area contributed by atoms with Crippen molar-refractivity contribution in [2.24, 2.45) is 5.92 Å². The molecule has 1 aromatic carbocycles. The molecular formula is C13H16N2O2. The standard InChI is InChI=1S/C13H16N2O2/c1-9(7-14)8-15(3)13(17)11-5-4-10(2)12(16)6-11/h4-6,9,16H,8H2,1-3H3. The first-order chi connectivity index (χ1) is 7.95. The normalized spacial score (nSPS) is 11.6. The van der Waals surface area contributed by atoms with Crippen molar-refractivity contribution in [1.82, 2.24) is 4.90 Å². The van der Waals surface area contributed by atoms with Gasteiger partial charge in [0, 0.05) is 19.2 Å². The van der Waals surface area contributed by atoms with Gasteiger partial charge < -0.3 is 10.0 Å². The van der Waals surface area contributed by atoms with Crippen molar-refractivity contribution >= 4 is 5.91 Å². The number of amides is 1. The molecule has 1 amide bonds. The maximum atomic E-state index is 12.0. The molecule has 0 saturated heterocycles. The highest BCUT2D eigenvalue weighted by Crippen LogP contribution is 2.18. The van der Waals surface area contributed by atoms with Crippen LogP contribution in [-0.4, -0.2) is 29.5 Å². The van der Waals surface area contributed by atoms with Crippen LogP contribution in [0.15, 0.2) is 18.2 Å². The maximum absolute atomic E-state index is 12.0. The number of phenolic OH excluding ortho intramolecular Hbond substituents is 1. The Morgan fingerprint density at radius 1 is 1.59 bits per heavy atom. The molecule has 1 unspecified atom stereocenters. The van der Waals surface area contributed by atoms with Gasteiger partial charge in [-0.3, -0.25) is 4.79 Å². The topological polar surface area (TPSA) is 64.3 Å². The molecule has 0 radical (unpaired) electrons. The van der Waals surface area contributed by atoms with E-state index in [9.17, 15) is 9.90 Å². The van der Waals surface area contributed by atoms with Crippen molar-refractivity contribution in [2.45, 2.75) is 13.8 Å². The SMILES string of the molecule is Cc1ccc(C(=O)N(C)CC(C)C#N)cc1O. The number of nitrogens with zero attached hydrogens (tertiary/aromatic N) is 2. The number of phenols is 1. The number of aromatic hydroxyl groups is 1. The molecule has 0 aliphatic carbocycles. The lowest BCUT2D eigenvalue weighted by atomic mass is 10.1. The molecule has 90 valence electrons. The second-order valence-electron chi connectivity index (χ2n) is 4.22. The molecule has 4 nitrogen and oxygen atoms in total. The monoisotopic (exact) mass is 232 g/mol. The first-order valence-electron chi connectivity index (χ1n) is 5.40. The van der Waals surface area contributed by atoms with E-state index in [1.165, 1.54) is 11.0 Å². The Kier molecular flexibility index (Phi) is 4.11. The summed E-state index contributed by atoms with van der Waals surface area (Å²) in [5, 5.41) is 18.2.